The van der Waals surface area contributed by atoms with Crippen LogP contribution >= 0.6 is 22.9 Å². The van der Waals surface area contributed by atoms with Crippen LogP contribution in [0.5, 0.6) is 11.5 Å². The highest BCUT2D eigenvalue weighted by Gasteiger charge is 2.11. The van der Waals surface area contributed by atoms with E-state index in [-0.39, 0.29) is 17.2 Å². The molecule has 0 bridgehead atoms. The molecule has 1 N–H and O–H groups in total. The van der Waals surface area contributed by atoms with Crippen LogP contribution in [0.3, 0.4) is 0 Å². The summed E-state index contributed by atoms with van der Waals surface area (Å²) in [5, 5.41) is 5.08. The van der Waals surface area contributed by atoms with Gasteiger partial charge in [-0.25, -0.2) is 0 Å². The van der Waals surface area contributed by atoms with Crippen LogP contribution in [0.2, 0.25) is 5.02 Å². The zero-order chi connectivity index (χ0) is 18.5. The van der Waals surface area contributed by atoms with E-state index < -0.39 is 0 Å². The highest BCUT2D eigenvalue weighted by Crippen LogP contribution is 2.32. The number of carbonyl (C=O) groups is 1. The second-order valence-corrected chi connectivity index (χ2v) is 6.91. The molecular formula is C19H17ClN2O3S. The van der Waals surface area contributed by atoms with Crippen LogP contribution in [0.15, 0.2) is 58.7 Å². The molecule has 0 unspecified atom stereocenters. The van der Waals surface area contributed by atoms with Crippen LogP contribution in [-0.4, -0.2) is 10.5 Å². The lowest BCUT2D eigenvalue weighted by atomic mass is 10.2. The van der Waals surface area contributed by atoms with Gasteiger partial charge in [0.05, 0.1) is 5.69 Å². The average Bonchev–Trinajstić information content (AvgIpc) is 2.94. The van der Waals surface area contributed by atoms with Crippen LogP contribution in [0.25, 0.3) is 0 Å². The molecule has 3 aromatic rings. The number of anilines is 1. The summed E-state index contributed by atoms with van der Waals surface area (Å²) in [6, 6.07) is 14.3. The minimum Gasteiger partial charge on any atom is -0.455 e. The van der Waals surface area contributed by atoms with Crippen LogP contribution in [0.1, 0.15) is 12.1 Å². The van der Waals surface area contributed by atoms with Gasteiger partial charge in [0.15, 0.2) is 5.75 Å². The summed E-state index contributed by atoms with van der Waals surface area (Å²) < 4.78 is 7.41. The number of benzene rings is 2. The fourth-order valence-corrected chi connectivity index (χ4v) is 3.34. The second-order valence-electron chi connectivity index (χ2n) is 5.65. The number of ether oxygens (including phenoxy) is 1. The van der Waals surface area contributed by atoms with Crippen molar-refractivity contribution in [1.29, 1.82) is 0 Å². The fraction of sp³-hybridized carbons (Fsp3) is 0.158. The predicted octanol–water partition coefficient (Wildman–Crippen LogP) is 4.69. The number of hydrogen-bond donors (Lipinski definition) is 1. The molecule has 26 heavy (non-hydrogen) atoms. The van der Waals surface area contributed by atoms with E-state index in [1.165, 1.54) is 0 Å². The maximum atomic E-state index is 12.3. The zero-order valence-corrected chi connectivity index (χ0v) is 15.6. The van der Waals surface area contributed by atoms with Gasteiger partial charge in [-0.2, -0.15) is 0 Å². The van der Waals surface area contributed by atoms with E-state index in [2.05, 4.69) is 5.32 Å². The van der Waals surface area contributed by atoms with E-state index >= 15 is 0 Å². The number of thiazole rings is 1. The summed E-state index contributed by atoms with van der Waals surface area (Å²) in [5.74, 6) is 0.936. The number of aryl methyl sites for hydroxylation is 1. The number of aromatic nitrogens is 1. The number of carbonyl (C=O) groups excluding carboxylic acids is 1. The van der Waals surface area contributed by atoms with Gasteiger partial charge < -0.3 is 14.6 Å². The van der Waals surface area contributed by atoms with Crippen molar-refractivity contribution in [2.45, 2.75) is 19.9 Å². The molecule has 134 valence electrons. The summed E-state index contributed by atoms with van der Waals surface area (Å²) in [6.07, 6.45) is 0.175. The maximum absolute atomic E-state index is 12.3. The molecule has 1 amide bonds. The first-order valence-corrected chi connectivity index (χ1v) is 9.26. The fourth-order valence-electron chi connectivity index (χ4n) is 2.41. The first kappa shape index (κ1) is 18.2. The number of nitrogens with zero attached hydrogens (tertiary/aromatic N) is 1. The van der Waals surface area contributed by atoms with Gasteiger partial charge in [-0.1, -0.05) is 41.1 Å². The lowest BCUT2D eigenvalue weighted by molar-refractivity contribution is -0.116. The molecule has 1 heterocycles. The molecular weight excluding hydrogens is 372 g/mol. The SMILES string of the molecule is Cc1csc(=O)n1CCC(=O)Nc1cc(Cl)ccc1Oc1ccccc1. The molecule has 0 aliphatic carbocycles. The molecule has 0 aliphatic rings. The molecule has 0 atom stereocenters. The molecule has 0 spiro atoms. The summed E-state index contributed by atoms with van der Waals surface area (Å²) in [4.78, 5) is 24.0. The van der Waals surface area contributed by atoms with Gasteiger partial charge in [-0.3, -0.25) is 9.59 Å². The number of hydrogen-bond acceptors (Lipinski definition) is 4. The van der Waals surface area contributed by atoms with Crippen LogP contribution in [-0.2, 0) is 11.3 Å². The highest BCUT2D eigenvalue weighted by molar-refractivity contribution is 7.07. The maximum Gasteiger partial charge on any atom is 0.307 e. The van der Waals surface area contributed by atoms with E-state index in [1.807, 2.05) is 37.3 Å². The number of para-hydroxylation sites is 1. The third-order valence-corrected chi connectivity index (χ3v) is 4.84. The Morgan fingerprint density at radius 2 is 2.00 bits per heavy atom. The summed E-state index contributed by atoms with van der Waals surface area (Å²) >= 11 is 7.18. The lowest BCUT2D eigenvalue weighted by Gasteiger charge is -2.13. The first-order chi connectivity index (χ1) is 12.5. The number of nitrogens with one attached hydrogen (secondary N) is 1. The Hall–Kier alpha value is -2.57. The standard InChI is InChI=1S/C19H17ClN2O3S/c1-13-12-26-19(24)22(13)10-9-18(23)21-16-11-14(20)7-8-17(16)25-15-5-3-2-4-6-15/h2-8,11-12H,9-10H2,1H3,(H,21,23). The van der Waals surface area contributed by atoms with E-state index in [0.717, 1.165) is 17.0 Å². The van der Waals surface area contributed by atoms with Crippen molar-refractivity contribution < 1.29 is 9.53 Å². The molecule has 2 aromatic carbocycles. The number of halogens is 1. The van der Waals surface area contributed by atoms with Crippen LogP contribution in [0, 0.1) is 6.92 Å². The van der Waals surface area contributed by atoms with E-state index in [1.54, 1.807) is 28.1 Å². The summed E-state index contributed by atoms with van der Waals surface area (Å²) in [6.45, 7) is 2.17. The van der Waals surface area contributed by atoms with Crippen molar-refractivity contribution in [3.63, 3.8) is 0 Å². The Morgan fingerprint density at radius 3 is 2.69 bits per heavy atom. The van der Waals surface area contributed by atoms with Gasteiger partial charge in [-0.05, 0) is 37.3 Å². The lowest BCUT2D eigenvalue weighted by Crippen LogP contribution is -2.20. The largest absolute Gasteiger partial charge is 0.455 e. The number of rotatable bonds is 6. The Morgan fingerprint density at radius 1 is 1.23 bits per heavy atom. The van der Waals surface area contributed by atoms with Gasteiger partial charge in [0, 0.05) is 29.1 Å². The van der Waals surface area contributed by atoms with Gasteiger partial charge in [0.1, 0.15) is 5.75 Å². The van der Waals surface area contributed by atoms with Gasteiger partial charge in [0.25, 0.3) is 0 Å². The van der Waals surface area contributed by atoms with E-state index in [9.17, 15) is 9.59 Å². The van der Waals surface area contributed by atoms with E-state index in [4.69, 9.17) is 16.3 Å². The Balaban J connectivity index is 1.71. The summed E-state index contributed by atoms with van der Waals surface area (Å²) in [7, 11) is 0. The summed E-state index contributed by atoms with van der Waals surface area (Å²) in [5.41, 5.74) is 1.34. The van der Waals surface area contributed by atoms with Crippen molar-refractivity contribution in [2.75, 3.05) is 5.32 Å². The van der Waals surface area contributed by atoms with E-state index in [0.29, 0.717) is 28.8 Å². The molecule has 1 aromatic heterocycles. The zero-order valence-electron chi connectivity index (χ0n) is 14.1. The smallest absolute Gasteiger partial charge is 0.307 e. The molecule has 0 aliphatic heterocycles. The second kappa shape index (κ2) is 8.21. The van der Waals surface area contributed by atoms with Crippen molar-refractivity contribution in [2.24, 2.45) is 0 Å². The van der Waals surface area contributed by atoms with Gasteiger partial charge in [0.2, 0.25) is 5.91 Å². The molecule has 0 saturated heterocycles. The third-order valence-electron chi connectivity index (χ3n) is 3.73. The Bertz CT molecular complexity index is 966. The van der Waals surface area contributed by atoms with Crippen molar-refractivity contribution >= 4 is 34.5 Å². The first-order valence-electron chi connectivity index (χ1n) is 8.00. The van der Waals surface area contributed by atoms with Crippen molar-refractivity contribution in [3.8, 4) is 11.5 Å². The molecule has 5 nitrogen and oxygen atoms in total. The highest BCUT2D eigenvalue weighted by atomic mass is 35.5. The van der Waals surface area contributed by atoms with Crippen molar-refractivity contribution in [1.82, 2.24) is 4.57 Å². The normalized spacial score (nSPS) is 10.5. The molecule has 3 rings (SSSR count). The molecule has 0 radical (unpaired) electrons. The quantitative estimate of drug-likeness (QED) is 0.666. The molecule has 0 fully saturated rings. The Labute approximate surface area is 159 Å². The average molecular weight is 389 g/mol. The minimum absolute atomic E-state index is 0.0637. The van der Waals surface area contributed by atoms with Crippen molar-refractivity contribution in [3.05, 3.63) is 74.3 Å². The predicted molar refractivity (Wildman–Crippen MR) is 105 cm³/mol. The topological polar surface area (TPSA) is 60.3 Å². The third kappa shape index (κ3) is 4.53. The van der Waals surface area contributed by atoms with Crippen LogP contribution in [0.4, 0.5) is 5.69 Å². The minimum atomic E-state index is -0.220. The monoisotopic (exact) mass is 388 g/mol. The molecule has 7 heteroatoms. The molecule has 0 saturated carbocycles. The van der Waals surface area contributed by atoms with Crippen LogP contribution < -0.4 is 14.9 Å². The number of amides is 1. The van der Waals surface area contributed by atoms with Gasteiger partial charge >= 0.3 is 4.87 Å². The Kier molecular flexibility index (Phi) is 5.75. The van der Waals surface area contributed by atoms with Gasteiger partial charge in [-0.15, -0.1) is 0 Å².